The molecule has 32 heavy (non-hydrogen) atoms. The highest BCUT2D eigenvalue weighted by atomic mass is 35.5. The molecule has 1 aliphatic heterocycles. The van der Waals surface area contributed by atoms with Crippen LogP contribution >= 0.6 is 11.6 Å². The summed E-state index contributed by atoms with van der Waals surface area (Å²) in [4.78, 5) is 40.8. The van der Waals surface area contributed by atoms with Crippen molar-refractivity contribution in [3.05, 3.63) is 70.0 Å². The summed E-state index contributed by atoms with van der Waals surface area (Å²) in [6, 6.07) is 11.2. The van der Waals surface area contributed by atoms with Crippen LogP contribution < -0.4 is 5.32 Å². The van der Waals surface area contributed by atoms with Crippen molar-refractivity contribution in [2.24, 2.45) is 0 Å². The summed E-state index contributed by atoms with van der Waals surface area (Å²) in [5, 5.41) is 2.65. The number of benzene rings is 2. The molecule has 2 aromatic carbocycles. The van der Waals surface area contributed by atoms with Gasteiger partial charge in [0.15, 0.2) is 0 Å². The van der Waals surface area contributed by atoms with Crippen molar-refractivity contribution in [2.45, 2.75) is 26.2 Å². The molecule has 8 heteroatoms. The quantitative estimate of drug-likeness (QED) is 0.716. The van der Waals surface area contributed by atoms with E-state index in [1.165, 1.54) is 11.6 Å². The Morgan fingerprint density at radius 2 is 1.62 bits per heavy atom. The Labute approximate surface area is 192 Å². The van der Waals surface area contributed by atoms with E-state index in [1.54, 1.807) is 9.80 Å². The van der Waals surface area contributed by atoms with Gasteiger partial charge in [-0.1, -0.05) is 37.6 Å². The summed E-state index contributed by atoms with van der Waals surface area (Å²) in [7, 11) is 0. The predicted molar refractivity (Wildman–Crippen MR) is 121 cm³/mol. The van der Waals surface area contributed by atoms with Gasteiger partial charge in [0.1, 0.15) is 5.82 Å². The molecule has 0 saturated carbocycles. The Kier molecular flexibility index (Phi) is 7.85. The number of carbonyl (C=O) groups excluding carboxylic acids is 3. The molecular formula is C24H27ClFN3O3. The second-order valence-electron chi connectivity index (χ2n) is 8.08. The number of carbonyl (C=O) groups is 3. The smallest absolute Gasteiger partial charge is 0.253 e. The van der Waals surface area contributed by atoms with Crippen LogP contribution in [0.5, 0.6) is 0 Å². The Bertz CT molecular complexity index is 986. The van der Waals surface area contributed by atoms with E-state index in [0.717, 1.165) is 12.1 Å². The minimum atomic E-state index is -0.521. The molecule has 170 valence electrons. The number of rotatable bonds is 6. The molecule has 0 aliphatic carbocycles. The molecule has 1 N–H and O–H groups in total. The van der Waals surface area contributed by atoms with Gasteiger partial charge in [0, 0.05) is 44.7 Å². The van der Waals surface area contributed by atoms with Crippen LogP contribution in [0.4, 0.5) is 4.39 Å². The number of hydrogen-bond acceptors (Lipinski definition) is 3. The first-order valence-electron chi connectivity index (χ1n) is 10.7. The summed E-state index contributed by atoms with van der Waals surface area (Å²) >= 11 is 5.88. The van der Waals surface area contributed by atoms with Crippen LogP contribution in [0.15, 0.2) is 42.5 Å². The van der Waals surface area contributed by atoms with Gasteiger partial charge in [0.2, 0.25) is 5.91 Å². The second kappa shape index (κ2) is 10.6. The molecule has 0 radical (unpaired) electrons. The topological polar surface area (TPSA) is 69.7 Å². The largest absolute Gasteiger partial charge is 0.351 e. The molecule has 6 nitrogen and oxygen atoms in total. The molecule has 0 spiro atoms. The third kappa shape index (κ3) is 5.85. The van der Waals surface area contributed by atoms with Gasteiger partial charge >= 0.3 is 0 Å². The van der Waals surface area contributed by atoms with Gasteiger partial charge in [-0.2, -0.15) is 0 Å². The minimum absolute atomic E-state index is 0.0217. The number of hydrogen-bond donors (Lipinski definition) is 1. The maximum Gasteiger partial charge on any atom is 0.253 e. The van der Waals surface area contributed by atoms with Gasteiger partial charge in [-0.25, -0.2) is 4.39 Å². The fourth-order valence-corrected chi connectivity index (χ4v) is 3.82. The molecule has 0 unspecified atom stereocenters. The van der Waals surface area contributed by atoms with E-state index < -0.39 is 11.7 Å². The Morgan fingerprint density at radius 1 is 1.00 bits per heavy atom. The van der Waals surface area contributed by atoms with Gasteiger partial charge in [-0.15, -0.1) is 0 Å². The summed E-state index contributed by atoms with van der Waals surface area (Å²) in [5.74, 6) is -0.695. The van der Waals surface area contributed by atoms with Crippen molar-refractivity contribution in [2.75, 3.05) is 32.7 Å². The maximum absolute atomic E-state index is 13.1. The average Bonchev–Trinajstić information content (AvgIpc) is 2.78. The number of nitrogens with one attached hydrogen (secondary N) is 1. The maximum atomic E-state index is 13.1. The second-order valence-corrected chi connectivity index (χ2v) is 8.49. The van der Waals surface area contributed by atoms with Gasteiger partial charge < -0.3 is 15.1 Å². The monoisotopic (exact) mass is 459 g/mol. The number of piperazine rings is 1. The SMILES string of the molecule is CC(C)c1ccc(C(=O)N2CCN(C(=O)CCNC(=O)c3ccc(F)cc3Cl)CC2)cc1. The third-order valence-corrected chi connectivity index (χ3v) is 5.86. The van der Waals surface area contributed by atoms with Gasteiger partial charge in [0.05, 0.1) is 10.6 Å². The van der Waals surface area contributed by atoms with Crippen LogP contribution in [0.25, 0.3) is 0 Å². The fourth-order valence-electron chi connectivity index (χ4n) is 3.56. The van der Waals surface area contributed by atoms with Crippen molar-refractivity contribution >= 4 is 29.3 Å². The van der Waals surface area contributed by atoms with Gasteiger partial charge in [-0.3, -0.25) is 14.4 Å². The normalized spacial score (nSPS) is 13.9. The lowest BCUT2D eigenvalue weighted by molar-refractivity contribution is -0.132. The highest BCUT2D eigenvalue weighted by Crippen LogP contribution is 2.18. The lowest BCUT2D eigenvalue weighted by Gasteiger charge is -2.35. The Hall–Kier alpha value is -2.93. The van der Waals surface area contributed by atoms with Gasteiger partial charge in [-0.05, 0) is 41.8 Å². The van der Waals surface area contributed by atoms with Crippen LogP contribution in [0, 0.1) is 5.82 Å². The standard InChI is InChI=1S/C24H27ClFN3O3/c1-16(2)17-3-5-18(6-4-17)24(32)29-13-11-28(12-14-29)22(30)9-10-27-23(31)20-8-7-19(26)15-21(20)25/h3-8,15-16H,9-14H2,1-2H3,(H,27,31). The first-order valence-corrected chi connectivity index (χ1v) is 11.0. The third-order valence-electron chi connectivity index (χ3n) is 5.54. The van der Waals surface area contributed by atoms with Crippen molar-refractivity contribution in [3.63, 3.8) is 0 Å². The van der Waals surface area contributed by atoms with Crippen LogP contribution in [0.2, 0.25) is 5.02 Å². The predicted octanol–water partition coefficient (Wildman–Crippen LogP) is 3.71. The van der Waals surface area contributed by atoms with Crippen molar-refractivity contribution < 1.29 is 18.8 Å². The average molecular weight is 460 g/mol. The van der Waals surface area contributed by atoms with Gasteiger partial charge in [0.25, 0.3) is 11.8 Å². The van der Waals surface area contributed by atoms with Crippen LogP contribution in [0.1, 0.15) is 52.5 Å². The zero-order chi connectivity index (χ0) is 23.3. The molecule has 3 rings (SSSR count). The van der Waals surface area contributed by atoms with Crippen molar-refractivity contribution in [3.8, 4) is 0 Å². The molecule has 1 heterocycles. The number of nitrogens with zero attached hydrogens (tertiary/aromatic N) is 2. The van der Waals surface area contributed by atoms with E-state index in [4.69, 9.17) is 11.6 Å². The zero-order valence-corrected chi connectivity index (χ0v) is 19.0. The summed E-state index contributed by atoms with van der Waals surface area (Å²) in [6.45, 7) is 6.19. The van der Waals surface area contributed by atoms with E-state index >= 15 is 0 Å². The highest BCUT2D eigenvalue weighted by Gasteiger charge is 2.25. The summed E-state index contributed by atoms with van der Waals surface area (Å²) in [5.41, 5.74) is 2.00. The first-order chi connectivity index (χ1) is 15.3. The first kappa shape index (κ1) is 23.7. The lowest BCUT2D eigenvalue weighted by Crippen LogP contribution is -2.51. The highest BCUT2D eigenvalue weighted by molar-refractivity contribution is 6.33. The molecule has 0 aromatic heterocycles. The summed E-state index contributed by atoms with van der Waals surface area (Å²) in [6.07, 6.45) is 0.134. The van der Waals surface area contributed by atoms with E-state index in [9.17, 15) is 18.8 Å². The van der Waals surface area contributed by atoms with E-state index in [2.05, 4.69) is 19.2 Å². The Morgan fingerprint density at radius 3 is 2.22 bits per heavy atom. The van der Waals surface area contributed by atoms with E-state index in [1.807, 2.05) is 24.3 Å². The van der Waals surface area contributed by atoms with Crippen LogP contribution in [-0.2, 0) is 4.79 Å². The molecular weight excluding hydrogens is 433 g/mol. The van der Waals surface area contributed by atoms with Crippen molar-refractivity contribution in [1.82, 2.24) is 15.1 Å². The van der Waals surface area contributed by atoms with Crippen molar-refractivity contribution in [1.29, 1.82) is 0 Å². The molecule has 3 amide bonds. The molecule has 2 aromatic rings. The van der Waals surface area contributed by atoms with E-state index in [-0.39, 0.29) is 35.4 Å². The molecule has 1 saturated heterocycles. The lowest BCUT2D eigenvalue weighted by atomic mass is 10.0. The molecule has 0 bridgehead atoms. The molecule has 1 aliphatic rings. The number of halogens is 2. The number of amides is 3. The zero-order valence-electron chi connectivity index (χ0n) is 18.2. The molecule has 0 atom stereocenters. The fraction of sp³-hybridized carbons (Fsp3) is 0.375. The Balaban J connectivity index is 1.44. The molecule has 1 fully saturated rings. The van der Waals surface area contributed by atoms with Crippen LogP contribution in [-0.4, -0.2) is 60.2 Å². The minimum Gasteiger partial charge on any atom is -0.351 e. The summed E-state index contributed by atoms with van der Waals surface area (Å²) < 4.78 is 13.1. The van der Waals surface area contributed by atoms with Crippen LogP contribution in [0.3, 0.4) is 0 Å². The van der Waals surface area contributed by atoms with E-state index in [0.29, 0.717) is 37.7 Å².